The summed E-state index contributed by atoms with van der Waals surface area (Å²) >= 11 is 0. The zero-order chi connectivity index (χ0) is 13.2. The Morgan fingerprint density at radius 1 is 1.19 bits per heavy atom. The summed E-state index contributed by atoms with van der Waals surface area (Å²) in [7, 11) is -7.82. The minimum absolute atomic E-state index is 0.390. The SMILES string of the molecule is COP(=O)(OC)C(OS(C)(=O)=O)C(F)(F)F. The Balaban J connectivity index is 5.35. The maximum Gasteiger partial charge on any atom is 0.427 e. The predicted molar refractivity (Wildman–Crippen MR) is 47.4 cm³/mol. The van der Waals surface area contributed by atoms with E-state index in [9.17, 15) is 26.2 Å². The largest absolute Gasteiger partial charge is 0.427 e. The molecule has 0 aliphatic carbocycles. The summed E-state index contributed by atoms with van der Waals surface area (Å²) in [6.07, 6.45) is -4.81. The average molecular weight is 286 g/mol. The highest BCUT2D eigenvalue weighted by Crippen LogP contribution is 2.57. The third-order valence-electron chi connectivity index (χ3n) is 1.34. The first-order valence-corrected chi connectivity index (χ1v) is 7.05. The van der Waals surface area contributed by atoms with Gasteiger partial charge in [-0.2, -0.15) is 21.6 Å². The van der Waals surface area contributed by atoms with Crippen LogP contribution >= 0.6 is 7.60 Å². The van der Waals surface area contributed by atoms with Crippen LogP contribution in [0, 0.1) is 0 Å². The Morgan fingerprint density at radius 3 is 1.75 bits per heavy atom. The first-order chi connectivity index (χ1) is 6.96. The van der Waals surface area contributed by atoms with Crippen molar-refractivity contribution in [2.45, 2.75) is 12.0 Å². The van der Waals surface area contributed by atoms with Gasteiger partial charge in [-0.05, 0) is 0 Å². The van der Waals surface area contributed by atoms with Gasteiger partial charge in [-0.3, -0.25) is 4.57 Å². The molecule has 11 heteroatoms. The maximum atomic E-state index is 12.4. The van der Waals surface area contributed by atoms with Gasteiger partial charge < -0.3 is 9.05 Å². The Kier molecular flexibility index (Phi) is 4.96. The number of rotatable bonds is 5. The van der Waals surface area contributed by atoms with Crippen molar-refractivity contribution in [1.29, 1.82) is 0 Å². The van der Waals surface area contributed by atoms with Crippen LogP contribution < -0.4 is 0 Å². The molecule has 98 valence electrons. The van der Waals surface area contributed by atoms with Gasteiger partial charge in [0, 0.05) is 14.2 Å². The summed E-state index contributed by atoms with van der Waals surface area (Å²) < 4.78 is 81.6. The van der Waals surface area contributed by atoms with Crippen molar-refractivity contribution in [3.63, 3.8) is 0 Å². The molecule has 0 saturated heterocycles. The minimum Gasteiger partial charge on any atom is -0.310 e. The van der Waals surface area contributed by atoms with Gasteiger partial charge in [-0.1, -0.05) is 0 Å². The molecule has 6 nitrogen and oxygen atoms in total. The smallest absolute Gasteiger partial charge is 0.310 e. The Labute approximate surface area is 90.3 Å². The molecular weight excluding hydrogens is 276 g/mol. The second-order valence-electron chi connectivity index (χ2n) is 2.60. The van der Waals surface area contributed by atoms with Gasteiger partial charge in [0.05, 0.1) is 6.26 Å². The summed E-state index contributed by atoms with van der Waals surface area (Å²) in [6.45, 7) is 0. The van der Waals surface area contributed by atoms with Crippen LogP contribution in [0.3, 0.4) is 0 Å². The number of hydrogen-bond acceptors (Lipinski definition) is 6. The lowest BCUT2D eigenvalue weighted by Gasteiger charge is -2.24. The molecule has 0 aromatic heterocycles. The Hall–Kier alpha value is -0.150. The molecule has 1 atom stereocenters. The van der Waals surface area contributed by atoms with E-state index < -0.39 is 29.7 Å². The number of hydrogen-bond donors (Lipinski definition) is 0. The third-order valence-corrected chi connectivity index (χ3v) is 4.02. The van der Waals surface area contributed by atoms with E-state index in [1.54, 1.807) is 0 Å². The lowest BCUT2D eigenvalue weighted by atomic mass is 10.7. The molecule has 0 N–H and O–H groups in total. The Bertz CT molecular complexity index is 368. The average Bonchev–Trinajstić information content (AvgIpc) is 2.10. The van der Waals surface area contributed by atoms with Gasteiger partial charge in [0.1, 0.15) is 0 Å². The minimum atomic E-state index is -5.20. The summed E-state index contributed by atoms with van der Waals surface area (Å²) in [5.41, 5.74) is 0. The number of halogens is 3. The van der Waals surface area contributed by atoms with Crippen LogP contribution in [-0.2, 0) is 27.9 Å². The summed E-state index contributed by atoms with van der Waals surface area (Å²) in [6, 6.07) is 0. The van der Waals surface area contributed by atoms with Crippen molar-refractivity contribution in [3.8, 4) is 0 Å². The normalized spacial score (nSPS) is 16.1. The molecule has 0 rings (SSSR count). The molecule has 16 heavy (non-hydrogen) atoms. The maximum absolute atomic E-state index is 12.4. The second kappa shape index (κ2) is 5.01. The highest BCUT2D eigenvalue weighted by molar-refractivity contribution is 7.86. The fraction of sp³-hybridized carbons (Fsp3) is 1.00. The van der Waals surface area contributed by atoms with E-state index in [0.717, 1.165) is 0 Å². The van der Waals surface area contributed by atoms with Crippen molar-refractivity contribution in [1.82, 2.24) is 0 Å². The first kappa shape index (κ1) is 15.9. The highest BCUT2D eigenvalue weighted by Gasteiger charge is 2.56. The zero-order valence-corrected chi connectivity index (χ0v) is 10.2. The van der Waals surface area contributed by atoms with E-state index in [2.05, 4.69) is 13.2 Å². The van der Waals surface area contributed by atoms with Crippen molar-refractivity contribution >= 4 is 17.7 Å². The van der Waals surface area contributed by atoms with E-state index in [1.807, 2.05) is 0 Å². The molecule has 0 aromatic carbocycles. The summed E-state index contributed by atoms with van der Waals surface area (Å²) in [4.78, 5) is 0. The molecule has 0 aromatic rings. The van der Waals surface area contributed by atoms with Crippen LogP contribution in [-0.4, -0.2) is 40.9 Å². The highest BCUT2D eigenvalue weighted by atomic mass is 32.2. The van der Waals surface area contributed by atoms with Crippen LogP contribution in [0.25, 0.3) is 0 Å². The van der Waals surface area contributed by atoms with E-state index in [4.69, 9.17) is 0 Å². The van der Waals surface area contributed by atoms with Gasteiger partial charge in [0.15, 0.2) is 0 Å². The molecule has 0 aliphatic heterocycles. The molecule has 0 aliphatic rings. The van der Waals surface area contributed by atoms with E-state index in [-0.39, 0.29) is 0 Å². The molecule has 1 unspecified atom stereocenters. The van der Waals surface area contributed by atoms with Crippen LogP contribution in [0.2, 0.25) is 0 Å². The Morgan fingerprint density at radius 2 is 1.56 bits per heavy atom. The van der Waals surface area contributed by atoms with Gasteiger partial charge in [-0.15, -0.1) is 0 Å². The summed E-state index contributed by atoms with van der Waals surface area (Å²) in [5.74, 6) is -3.18. The molecule has 0 amide bonds. The van der Waals surface area contributed by atoms with Crippen molar-refractivity contribution < 1.29 is 39.4 Å². The van der Waals surface area contributed by atoms with Crippen molar-refractivity contribution in [3.05, 3.63) is 0 Å². The van der Waals surface area contributed by atoms with Crippen LogP contribution in [0.4, 0.5) is 13.2 Å². The molecule has 0 fully saturated rings. The molecule has 0 radical (unpaired) electrons. The molecular formula is C5H10F3O6PS. The van der Waals surface area contributed by atoms with Crippen molar-refractivity contribution in [2.75, 3.05) is 20.5 Å². The van der Waals surface area contributed by atoms with Gasteiger partial charge in [-0.25, -0.2) is 4.18 Å². The van der Waals surface area contributed by atoms with Crippen molar-refractivity contribution in [2.24, 2.45) is 0 Å². The fourth-order valence-corrected chi connectivity index (χ4v) is 2.94. The van der Waals surface area contributed by atoms with Gasteiger partial charge in [0.2, 0.25) is 0 Å². The van der Waals surface area contributed by atoms with Gasteiger partial charge >= 0.3 is 13.8 Å². The third kappa shape index (κ3) is 4.38. The topological polar surface area (TPSA) is 78.9 Å². The molecule has 0 spiro atoms. The predicted octanol–water partition coefficient (Wildman–Crippen LogP) is 1.34. The van der Waals surface area contributed by atoms with E-state index in [0.29, 0.717) is 20.5 Å². The summed E-state index contributed by atoms with van der Waals surface area (Å²) in [5, 5.41) is 0. The van der Waals surface area contributed by atoms with Crippen LogP contribution in [0.15, 0.2) is 0 Å². The standard InChI is InChI=1S/C5H10F3O6PS/c1-12-15(9,13-2)4(5(6,7)8)14-16(3,10)11/h4H,1-3H3. The van der Waals surface area contributed by atoms with E-state index >= 15 is 0 Å². The zero-order valence-electron chi connectivity index (χ0n) is 8.52. The fourth-order valence-electron chi connectivity index (χ4n) is 0.718. The van der Waals surface area contributed by atoms with Crippen LogP contribution in [0.5, 0.6) is 0 Å². The lowest BCUT2D eigenvalue weighted by Crippen LogP contribution is -2.34. The monoisotopic (exact) mass is 286 g/mol. The molecule has 0 bridgehead atoms. The molecule has 0 saturated carbocycles. The van der Waals surface area contributed by atoms with Gasteiger partial charge in [0.25, 0.3) is 16.0 Å². The molecule has 0 heterocycles. The van der Waals surface area contributed by atoms with E-state index in [1.165, 1.54) is 0 Å². The van der Waals surface area contributed by atoms with Crippen LogP contribution in [0.1, 0.15) is 0 Å². The lowest BCUT2D eigenvalue weighted by molar-refractivity contribution is -0.173. The second-order valence-corrected chi connectivity index (χ2v) is 6.48. The first-order valence-electron chi connectivity index (χ1n) is 3.62. The quantitative estimate of drug-likeness (QED) is 0.560. The number of alkyl halides is 3.